The quantitative estimate of drug-likeness (QED) is 0.784. The van der Waals surface area contributed by atoms with Gasteiger partial charge in [0, 0.05) is 11.8 Å². The van der Waals surface area contributed by atoms with Crippen LogP contribution < -0.4 is 5.73 Å². The first-order chi connectivity index (χ1) is 10.2. The van der Waals surface area contributed by atoms with Crippen molar-refractivity contribution in [2.75, 3.05) is 0 Å². The lowest BCUT2D eigenvalue weighted by atomic mass is 10.0. The van der Waals surface area contributed by atoms with Crippen LogP contribution in [0.5, 0.6) is 0 Å². The Labute approximate surface area is 130 Å². The molecule has 0 radical (unpaired) electrons. The molecule has 0 amide bonds. The standard InChI is InChI=1S/C16H13BrFN3/c17-13-8-4-7-12(15(13)18)16(19)14-9-10-21(20-14)11-5-2-1-3-6-11/h1-10,16H,19H2. The van der Waals surface area contributed by atoms with Gasteiger partial charge < -0.3 is 5.73 Å². The first-order valence-electron chi connectivity index (χ1n) is 6.47. The van der Waals surface area contributed by atoms with Gasteiger partial charge >= 0.3 is 0 Å². The Kier molecular flexibility index (Phi) is 3.86. The van der Waals surface area contributed by atoms with E-state index < -0.39 is 6.04 Å². The van der Waals surface area contributed by atoms with Crippen LogP contribution in [0.1, 0.15) is 17.3 Å². The molecule has 0 aliphatic heterocycles. The second kappa shape index (κ2) is 5.79. The van der Waals surface area contributed by atoms with Crippen LogP contribution in [-0.4, -0.2) is 9.78 Å². The smallest absolute Gasteiger partial charge is 0.142 e. The SMILES string of the molecule is NC(c1ccn(-c2ccccc2)n1)c1cccc(Br)c1F. The molecule has 3 rings (SSSR count). The summed E-state index contributed by atoms with van der Waals surface area (Å²) in [5, 5.41) is 4.44. The lowest BCUT2D eigenvalue weighted by Crippen LogP contribution is -2.15. The van der Waals surface area contributed by atoms with Crippen molar-refractivity contribution in [3.05, 3.63) is 82.3 Å². The highest BCUT2D eigenvalue weighted by Crippen LogP contribution is 2.26. The molecule has 0 fully saturated rings. The van der Waals surface area contributed by atoms with Crippen LogP contribution in [0.2, 0.25) is 0 Å². The van der Waals surface area contributed by atoms with Gasteiger partial charge in [0.25, 0.3) is 0 Å². The molecule has 1 unspecified atom stereocenters. The van der Waals surface area contributed by atoms with Gasteiger partial charge in [-0.15, -0.1) is 0 Å². The molecular weight excluding hydrogens is 333 g/mol. The Morgan fingerprint density at radius 1 is 1.05 bits per heavy atom. The third kappa shape index (κ3) is 2.75. The minimum atomic E-state index is -0.604. The van der Waals surface area contributed by atoms with E-state index in [1.165, 1.54) is 0 Å². The van der Waals surface area contributed by atoms with Crippen molar-refractivity contribution < 1.29 is 4.39 Å². The van der Waals surface area contributed by atoms with Crippen molar-refractivity contribution in [2.45, 2.75) is 6.04 Å². The topological polar surface area (TPSA) is 43.8 Å². The van der Waals surface area contributed by atoms with Crippen molar-refractivity contribution in [1.82, 2.24) is 9.78 Å². The molecule has 106 valence electrons. The predicted octanol–water partition coefficient (Wildman–Crippen LogP) is 3.82. The minimum Gasteiger partial charge on any atom is -0.319 e. The molecule has 3 aromatic rings. The monoisotopic (exact) mass is 345 g/mol. The summed E-state index contributed by atoms with van der Waals surface area (Å²) in [6.45, 7) is 0. The van der Waals surface area contributed by atoms with E-state index in [0.29, 0.717) is 15.7 Å². The zero-order chi connectivity index (χ0) is 14.8. The largest absolute Gasteiger partial charge is 0.319 e. The molecular formula is C16H13BrFN3. The van der Waals surface area contributed by atoms with Crippen LogP contribution in [0.25, 0.3) is 5.69 Å². The number of nitrogens with zero attached hydrogens (tertiary/aromatic N) is 2. The molecule has 2 aromatic carbocycles. The van der Waals surface area contributed by atoms with Crippen molar-refractivity contribution in [3.63, 3.8) is 0 Å². The Balaban J connectivity index is 1.95. The molecule has 0 aliphatic carbocycles. The van der Waals surface area contributed by atoms with Crippen molar-refractivity contribution in [2.24, 2.45) is 5.73 Å². The molecule has 5 heteroatoms. The Morgan fingerprint density at radius 3 is 2.57 bits per heavy atom. The van der Waals surface area contributed by atoms with Crippen molar-refractivity contribution in [3.8, 4) is 5.69 Å². The molecule has 2 N–H and O–H groups in total. The fourth-order valence-electron chi connectivity index (χ4n) is 2.15. The summed E-state index contributed by atoms with van der Waals surface area (Å²) in [7, 11) is 0. The highest BCUT2D eigenvalue weighted by Gasteiger charge is 2.17. The summed E-state index contributed by atoms with van der Waals surface area (Å²) in [5.74, 6) is -0.348. The molecule has 0 saturated heterocycles. The zero-order valence-corrected chi connectivity index (χ0v) is 12.7. The van der Waals surface area contributed by atoms with E-state index in [1.807, 2.05) is 36.5 Å². The summed E-state index contributed by atoms with van der Waals surface area (Å²) in [6.07, 6.45) is 1.82. The van der Waals surface area contributed by atoms with Gasteiger partial charge in [0.05, 0.1) is 21.9 Å². The van der Waals surface area contributed by atoms with Gasteiger partial charge in [-0.25, -0.2) is 9.07 Å². The molecule has 1 heterocycles. The Bertz CT molecular complexity index is 755. The first-order valence-corrected chi connectivity index (χ1v) is 7.26. The van der Waals surface area contributed by atoms with Gasteiger partial charge in [-0.05, 0) is 40.2 Å². The maximum absolute atomic E-state index is 14.1. The second-order valence-electron chi connectivity index (χ2n) is 4.64. The summed E-state index contributed by atoms with van der Waals surface area (Å²) in [6, 6.07) is 16.0. The molecule has 0 aliphatic rings. The van der Waals surface area contributed by atoms with Gasteiger partial charge in [-0.3, -0.25) is 0 Å². The van der Waals surface area contributed by atoms with E-state index in [2.05, 4.69) is 21.0 Å². The first kappa shape index (κ1) is 14.0. The maximum atomic E-state index is 14.1. The van der Waals surface area contributed by atoms with E-state index in [1.54, 1.807) is 28.9 Å². The van der Waals surface area contributed by atoms with Crippen LogP contribution >= 0.6 is 15.9 Å². The summed E-state index contributed by atoms with van der Waals surface area (Å²) in [4.78, 5) is 0. The Morgan fingerprint density at radius 2 is 1.81 bits per heavy atom. The van der Waals surface area contributed by atoms with Crippen molar-refractivity contribution >= 4 is 15.9 Å². The normalized spacial score (nSPS) is 12.3. The highest BCUT2D eigenvalue weighted by atomic mass is 79.9. The number of hydrogen-bond acceptors (Lipinski definition) is 2. The number of halogens is 2. The number of benzene rings is 2. The molecule has 21 heavy (non-hydrogen) atoms. The third-order valence-electron chi connectivity index (χ3n) is 3.27. The van der Waals surface area contributed by atoms with Crippen LogP contribution in [0, 0.1) is 5.82 Å². The Hall–Kier alpha value is -1.98. The highest BCUT2D eigenvalue weighted by molar-refractivity contribution is 9.10. The van der Waals surface area contributed by atoms with Gasteiger partial charge in [-0.1, -0.05) is 30.3 Å². The second-order valence-corrected chi connectivity index (χ2v) is 5.50. The summed E-state index contributed by atoms with van der Waals surface area (Å²) in [5.41, 5.74) is 8.12. The number of rotatable bonds is 3. The predicted molar refractivity (Wildman–Crippen MR) is 83.7 cm³/mol. The molecule has 3 nitrogen and oxygen atoms in total. The van der Waals surface area contributed by atoms with Crippen LogP contribution in [0.4, 0.5) is 4.39 Å². The van der Waals surface area contributed by atoms with Crippen LogP contribution in [-0.2, 0) is 0 Å². The zero-order valence-electron chi connectivity index (χ0n) is 11.1. The van der Waals surface area contributed by atoms with E-state index >= 15 is 0 Å². The number of hydrogen-bond donors (Lipinski definition) is 1. The summed E-state index contributed by atoms with van der Waals surface area (Å²) >= 11 is 3.17. The van der Waals surface area contributed by atoms with E-state index in [9.17, 15) is 4.39 Å². The van der Waals surface area contributed by atoms with E-state index in [-0.39, 0.29) is 5.82 Å². The third-order valence-corrected chi connectivity index (χ3v) is 3.88. The molecule has 0 saturated carbocycles. The average molecular weight is 346 g/mol. The maximum Gasteiger partial charge on any atom is 0.142 e. The van der Waals surface area contributed by atoms with Crippen molar-refractivity contribution in [1.29, 1.82) is 0 Å². The number of nitrogens with two attached hydrogens (primary N) is 1. The van der Waals surface area contributed by atoms with Crippen LogP contribution in [0.15, 0.2) is 65.3 Å². The fourth-order valence-corrected chi connectivity index (χ4v) is 2.53. The lowest BCUT2D eigenvalue weighted by molar-refractivity contribution is 0.589. The number of para-hydroxylation sites is 1. The van der Waals surface area contributed by atoms with Crippen LogP contribution in [0.3, 0.4) is 0 Å². The average Bonchev–Trinajstić information content (AvgIpc) is 3.00. The minimum absolute atomic E-state index is 0.348. The molecule has 1 aromatic heterocycles. The molecule has 1 atom stereocenters. The fraction of sp³-hybridized carbons (Fsp3) is 0.0625. The number of aromatic nitrogens is 2. The van der Waals surface area contributed by atoms with Gasteiger partial charge in [-0.2, -0.15) is 5.10 Å². The van der Waals surface area contributed by atoms with Gasteiger partial charge in [0.15, 0.2) is 0 Å². The molecule has 0 spiro atoms. The summed E-state index contributed by atoms with van der Waals surface area (Å²) < 4.78 is 16.2. The van der Waals surface area contributed by atoms with Gasteiger partial charge in [0.2, 0.25) is 0 Å². The lowest BCUT2D eigenvalue weighted by Gasteiger charge is -2.11. The molecule has 0 bridgehead atoms. The van der Waals surface area contributed by atoms with E-state index in [4.69, 9.17) is 5.73 Å². The van der Waals surface area contributed by atoms with E-state index in [0.717, 1.165) is 5.69 Å². The van der Waals surface area contributed by atoms with Gasteiger partial charge in [0.1, 0.15) is 5.82 Å².